The van der Waals surface area contributed by atoms with Crippen LogP contribution in [-0.2, 0) is 4.74 Å². The van der Waals surface area contributed by atoms with Crippen molar-refractivity contribution >= 4 is 11.6 Å². The van der Waals surface area contributed by atoms with Gasteiger partial charge in [0.1, 0.15) is 18.0 Å². The molecule has 0 heterocycles. The van der Waals surface area contributed by atoms with Gasteiger partial charge in [0, 0.05) is 24.1 Å². The van der Waals surface area contributed by atoms with E-state index in [4.69, 9.17) is 21.1 Å². The molecule has 0 bridgehead atoms. The highest BCUT2D eigenvalue weighted by Gasteiger charge is 2.43. The number of aryl methyl sites for hydroxylation is 1. The van der Waals surface area contributed by atoms with Crippen LogP contribution < -0.4 is 10.1 Å². The van der Waals surface area contributed by atoms with Crippen molar-refractivity contribution in [2.45, 2.75) is 51.9 Å². The lowest BCUT2D eigenvalue weighted by Crippen LogP contribution is -2.61. The van der Waals surface area contributed by atoms with E-state index in [0.29, 0.717) is 12.6 Å². The van der Waals surface area contributed by atoms with Gasteiger partial charge in [-0.05, 0) is 50.6 Å². The normalized spacial score (nSPS) is 25.3. The maximum Gasteiger partial charge on any atom is 0.128 e. The van der Waals surface area contributed by atoms with E-state index in [2.05, 4.69) is 12.2 Å². The second kappa shape index (κ2) is 7.30. The van der Waals surface area contributed by atoms with Crippen LogP contribution in [0, 0.1) is 6.92 Å². The lowest BCUT2D eigenvalue weighted by atomic mass is 9.85. The molecular weight excluding hydrogens is 274 g/mol. The molecule has 1 fully saturated rings. The summed E-state index contributed by atoms with van der Waals surface area (Å²) in [5.74, 6) is 0.901. The van der Waals surface area contributed by atoms with Gasteiger partial charge >= 0.3 is 0 Å². The Balaban J connectivity index is 1.95. The van der Waals surface area contributed by atoms with E-state index in [1.165, 1.54) is 0 Å². The largest absolute Gasteiger partial charge is 0.487 e. The van der Waals surface area contributed by atoms with Gasteiger partial charge in [-0.25, -0.2) is 0 Å². The second-order valence-corrected chi connectivity index (χ2v) is 5.72. The molecule has 3 nitrogen and oxygen atoms in total. The van der Waals surface area contributed by atoms with Gasteiger partial charge in [-0.2, -0.15) is 0 Å². The van der Waals surface area contributed by atoms with Crippen LogP contribution in [0.2, 0.25) is 5.02 Å². The highest BCUT2D eigenvalue weighted by molar-refractivity contribution is 6.30. The molecule has 0 amide bonds. The fraction of sp³-hybridized carbons (Fsp3) is 0.625. The standard InChI is InChI=1S/C16H24ClNO2/c1-4-8-18-13-10-15(16(13)19-5-2)20-14-7-6-12(17)9-11(14)3/h6-7,9,13,15-16,18H,4-5,8,10H2,1-3H3. The van der Waals surface area contributed by atoms with Gasteiger partial charge in [0.15, 0.2) is 0 Å². The Morgan fingerprint density at radius 2 is 2.15 bits per heavy atom. The van der Waals surface area contributed by atoms with Crippen molar-refractivity contribution in [2.75, 3.05) is 13.2 Å². The van der Waals surface area contributed by atoms with Gasteiger partial charge < -0.3 is 14.8 Å². The van der Waals surface area contributed by atoms with Gasteiger partial charge in [-0.1, -0.05) is 18.5 Å². The van der Waals surface area contributed by atoms with Crippen molar-refractivity contribution in [1.29, 1.82) is 0 Å². The summed E-state index contributed by atoms with van der Waals surface area (Å²) in [7, 11) is 0. The summed E-state index contributed by atoms with van der Waals surface area (Å²) in [6, 6.07) is 6.14. The number of halogens is 1. The fourth-order valence-corrected chi connectivity index (χ4v) is 2.78. The van der Waals surface area contributed by atoms with Gasteiger partial charge in [-0.15, -0.1) is 0 Å². The van der Waals surface area contributed by atoms with Gasteiger partial charge in [0.2, 0.25) is 0 Å². The third-order valence-corrected chi connectivity index (χ3v) is 3.92. The summed E-state index contributed by atoms with van der Waals surface area (Å²) < 4.78 is 11.9. The molecule has 3 atom stereocenters. The van der Waals surface area contributed by atoms with E-state index in [1.807, 2.05) is 32.0 Å². The quantitative estimate of drug-likeness (QED) is 0.834. The van der Waals surface area contributed by atoms with E-state index >= 15 is 0 Å². The molecular formula is C16H24ClNO2. The minimum Gasteiger partial charge on any atom is -0.487 e. The molecule has 1 N–H and O–H groups in total. The SMILES string of the molecule is CCCNC1CC(Oc2ccc(Cl)cc2C)C1OCC. The first-order chi connectivity index (χ1) is 9.65. The Labute approximate surface area is 126 Å². The first-order valence-electron chi connectivity index (χ1n) is 7.43. The number of hydrogen-bond donors (Lipinski definition) is 1. The molecule has 1 aromatic rings. The molecule has 0 aromatic heterocycles. The Morgan fingerprint density at radius 1 is 1.35 bits per heavy atom. The number of nitrogens with one attached hydrogen (secondary N) is 1. The molecule has 1 saturated carbocycles. The van der Waals surface area contributed by atoms with Crippen molar-refractivity contribution in [3.05, 3.63) is 28.8 Å². The van der Waals surface area contributed by atoms with Crippen molar-refractivity contribution < 1.29 is 9.47 Å². The zero-order chi connectivity index (χ0) is 14.5. The molecule has 0 spiro atoms. The Kier molecular flexibility index (Phi) is 5.70. The number of hydrogen-bond acceptors (Lipinski definition) is 3. The average molecular weight is 298 g/mol. The minimum atomic E-state index is 0.129. The first kappa shape index (κ1) is 15.6. The molecule has 3 unspecified atom stereocenters. The van der Waals surface area contributed by atoms with Crippen LogP contribution in [0.3, 0.4) is 0 Å². The average Bonchev–Trinajstić information content (AvgIpc) is 2.41. The van der Waals surface area contributed by atoms with Crippen LogP contribution in [-0.4, -0.2) is 31.4 Å². The topological polar surface area (TPSA) is 30.5 Å². The number of ether oxygens (including phenoxy) is 2. The van der Waals surface area contributed by atoms with Crippen LogP contribution in [0.5, 0.6) is 5.75 Å². The van der Waals surface area contributed by atoms with Crippen molar-refractivity contribution in [3.8, 4) is 5.75 Å². The van der Waals surface area contributed by atoms with E-state index in [9.17, 15) is 0 Å². The van der Waals surface area contributed by atoms with Crippen LogP contribution in [0.25, 0.3) is 0 Å². The molecule has 0 radical (unpaired) electrons. The summed E-state index contributed by atoms with van der Waals surface area (Å²) in [4.78, 5) is 0. The molecule has 2 rings (SSSR count). The van der Waals surface area contributed by atoms with E-state index in [0.717, 1.165) is 35.7 Å². The molecule has 1 aliphatic rings. The fourth-order valence-electron chi connectivity index (χ4n) is 2.55. The molecule has 1 aromatic carbocycles. The Hall–Kier alpha value is -0.770. The highest BCUT2D eigenvalue weighted by Crippen LogP contribution is 2.31. The maximum absolute atomic E-state index is 6.09. The highest BCUT2D eigenvalue weighted by atomic mass is 35.5. The van der Waals surface area contributed by atoms with E-state index in [1.54, 1.807) is 0 Å². The summed E-state index contributed by atoms with van der Waals surface area (Å²) in [5, 5.41) is 4.26. The van der Waals surface area contributed by atoms with Crippen molar-refractivity contribution in [1.82, 2.24) is 5.32 Å². The third-order valence-electron chi connectivity index (χ3n) is 3.68. The molecule has 0 aliphatic heterocycles. The van der Waals surface area contributed by atoms with Crippen LogP contribution in [0.15, 0.2) is 18.2 Å². The monoisotopic (exact) mass is 297 g/mol. The van der Waals surface area contributed by atoms with Crippen LogP contribution in [0.1, 0.15) is 32.3 Å². The molecule has 112 valence electrons. The lowest BCUT2D eigenvalue weighted by Gasteiger charge is -2.44. The maximum atomic E-state index is 6.09. The summed E-state index contributed by atoms with van der Waals surface area (Å²) in [6.45, 7) is 7.96. The third kappa shape index (κ3) is 3.66. The Morgan fingerprint density at radius 3 is 2.80 bits per heavy atom. The molecule has 0 saturated heterocycles. The summed E-state index contributed by atoms with van der Waals surface area (Å²) in [6.07, 6.45) is 2.40. The van der Waals surface area contributed by atoms with E-state index < -0.39 is 0 Å². The first-order valence-corrected chi connectivity index (χ1v) is 7.81. The smallest absolute Gasteiger partial charge is 0.128 e. The zero-order valence-electron chi connectivity index (χ0n) is 12.5. The van der Waals surface area contributed by atoms with Gasteiger partial charge in [0.05, 0.1) is 0 Å². The summed E-state index contributed by atoms with van der Waals surface area (Å²) >= 11 is 5.97. The number of rotatable bonds is 7. The van der Waals surface area contributed by atoms with Gasteiger partial charge in [-0.3, -0.25) is 0 Å². The zero-order valence-corrected chi connectivity index (χ0v) is 13.2. The van der Waals surface area contributed by atoms with Crippen LogP contribution >= 0.6 is 11.6 Å². The second-order valence-electron chi connectivity index (χ2n) is 5.28. The number of benzene rings is 1. The predicted molar refractivity (Wildman–Crippen MR) is 82.7 cm³/mol. The molecule has 1 aliphatic carbocycles. The Bertz CT molecular complexity index is 438. The molecule has 20 heavy (non-hydrogen) atoms. The summed E-state index contributed by atoms with van der Waals surface area (Å²) in [5.41, 5.74) is 1.07. The van der Waals surface area contributed by atoms with Gasteiger partial charge in [0.25, 0.3) is 0 Å². The predicted octanol–water partition coefficient (Wildman–Crippen LogP) is 3.57. The van der Waals surface area contributed by atoms with Crippen molar-refractivity contribution in [2.24, 2.45) is 0 Å². The molecule has 4 heteroatoms. The van der Waals surface area contributed by atoms with E-state index in [-0.39, 0.29) is 12.2 Å². The van der Waals surface area contributed by atoms with Crippen LogP contribution in [0.4, 0.5) is 0 Å². The lowest BCUT2D eigenvalue weighted by molar-refractivity contribution is -0.104. The van der Waals surface area contributed by atoms with Crippen molar-refractivity contribution in [3.63, 3.8) is 0 Å². The minimum absolute atomic E-state index is 0.129.